The summed E-state index contributed by atoms with van der Waals surface area (Å²) in [5.74, 6) is -3.22. The molecule has 0 atom stereocenters. The van der Waals surface area contributed by atoms with Crippen molar-refractivity contribution in [3.8, 4) is 0 Å². The predicted molar refractivity (Wildman–Crippen MR) is 66.0 cm³/mol. The predicted octanol–water partition coefficient (Wildman–Crippen LogP) is 0.0640. The van der Waals surface area contributed by atoms with Gasteiger partial charge < -0.3 is 10.3 Å². The van der Waals surface area contributed by atoms with E-state index in [2.05, 4.69) is 15.8 Å². The van der Waals surface area contributed by atoms with Crippen LogP contribution in [-0.4, -0.2) is 21.4 Å². The summed E-state index contributed by atoms with van der Waals surface area (Å²) in [7, 11) is 0. The van der Waals surface area contributed by atoms with Crippen LogP contribution in [0.5, 0.6) is 0 Å². The fourth-order valence-corrected chi connectivity index (χ4v) is 1.65. The molecule has 0 unspecified atom stereocenters. The lowest BCUT2D eigenvalue weighted by Gasteiger charge is -2.08. The van der Waals surface area contributed by atoms with Crippen LogP contribution in [0, 0.1) is 11.6 Å². The second kappa shape index (κ2) is 5.11. The molecule has 0 bridgehead atoms. The zero-order valence-electron chi connectivity index (χ0n) is 10.4. The lowest BCUT2D eigenvalue weighted by Crippen LogP contribution is -2.42. The fourth-order valence-electron chi connectivity index (χ4n) is 1.65. The number of nitrogens with zero attached hydrogens (tertiary/aromatic N) is 2. The van der Waals surface area contributed by atoms with Crippen LogP contribution >= 0.6 is 0 Å². The van der Waals surface area contributed by atoms with Gasteiger partial charge in [-0.25, -0.2) is 13.8 Å². The number of fused-ring (bicyclic) bond motifs is 1. The first-order valence-corrected chi connectivity index (χ1v) is 5.54. The summed E-state index contributed by atoms with van der Waals surface area (Å²) in [5, 5.41) is 0. The summed E-state index contributed by atoms with van der Waals surface area (Å²) < 4.78 is 27.5. The highest BCUT2D eigenvalue weighted by Gasteiger charge is 2.15. The fraction of sp³-hybridized carbons (Fsp3) is 0.182. The van der Waals surface area contributed by atoms with Crippen molar-refractivity contribution in [1.29, 1.82) is 0 Å². The Morgan fingerprint density at radius 1 is 1.30 bits per heavy atom. The molecule has 1 aromatic heterocycles. The minimum Gasteiger partial charge on any atom is -0.369 e. The molecule has 2 rings (SSSR count). The molecule has 2 amide bonds. The quantitative estimate of drug-likeness (QED) is 0.678. The summed E-state index contributed by atoms with van der Waals surface area (Å²) >= 11 is 0. The Morgan fingerprint density at radius 2 is 1.95 bits per heavy atom. The van der Waals surface area contributed by atoms with E-state index in [1.54, 1.807) is 0 Å². The number of halogens is 2. The molecular weight excluding hydrogens is 272 g/mol. The first-order chi connectivity index (χ1) is 9.38. The molecule has 0 saturated carbocycles. The van der Waals surface area contributed by atoms with Crippen LogP contribution in [-0.2, 0) is 16.1 Å². The van der Waals surface area contributed by atoms with Crippen molar-refractivity contribution in [3.05, 3.63) is 23.8 Å². The SMILES string of the molecule is CC(=O)NNC(=O)Cn1c(N)nc2cc(F)c(F)cc21. The van der Waals surface area contributed by atoms with Crippen molar-refractivity contribution < 1.29 is 18.4 Å². The number of carbonyl (C=O) groups is 2. The summed E-state index contributed by atoms with van der Waals surface area (Å²) in [6, 6.07) is 1.79. The van der Waals surface area contributed by atoms with Crippen molar-refractivity contribution in [2.45, 2.75) is 13.5 Å². The highest BCUT2D eigenvalue weighted by molar-refractivity contribution is 5.84. The number of hydrogen-bond acceptors (Lipinski definition) is 4. The van der Waals surface area contributed by atoms with Crippen LogP contribution in [0.2, 0.25) is 0 Å². The molecular formula is C11H11F2N5O2. The Balaban J connectivity index is 2.30. The molecule has 0 saturated heterocycles. The molecule has 7 nitrogen and oxygen atoms in total. The van der Waals surface area contributed by atoms with Gasteiger partial charge >= 0.3 is 0 Å². The standard InChI is InChI=1S/C11H11F2N5O2/c1-5(19)16-17-10(20)4-18-9-3-7(13)6(12)2-8(9)15-11(18)14/h2-3H,4H2,1H3,(H2,14,15)(H,16,19)(H,17,20). The number of hydrazine groups is 1. The largest absolute Gasteiger partial charge is 0.369 e. The van der Waals surface area contributed by atoms with Gasteiger partial charge in [0.2, 0.25) is 11.9 Å². The maximum absolute atomic E-state index is 13.2. The molecule has 0 aliphatic heterocycles. The first-order valence-electron chi connectivity index (χ1n) is 5.54. The molecule has 2 aromatic rings. The summed E-state index contributed by atoms with van der Waals surface area (Å²) in [6.45, 7) is 0.924. The van der Waals surface area contributed by atoms with E-state index in [9.17, 15) is 18.4 Å². The number of nitrogen functional groups attached to an aromatic ring is 1. The van der Waals surface area contributed by atoms with Crippen LogP contribution in [0.25, 0.3) is 11.0 Å². The van der Waals surface area contributed by atoms with Crippen LogP contribution in [0.4, 0.5) is 14.7 Å². The lowest BCUT2D eigenvalue weighted by atomic mass is 10.3. The van der Waals surface area contributed by atoms with E-state index in [1.807, 2.05) is 0 Å². The van der Waals surface area contributed by atoms with Crippen LogP contribution in [0.15, 0.2) is 12.1 Å². The van der Waals surface area contributed by atoms with Gasteiger partial charge in [-0.1, -0.05) is 0 Å². The van der Waals surface area contributed by atoms with E-state index in [0.29, 0.717) is 0 Å². The molecule has 4 N–H and O–H groups in total. The van der Waals surface area contributed by atoms with Gasteiger partial charge in [-0.3, -0.25) is 20.4 Å². The van der Waals surface area contributed by atoms with Crippen molar-refractivity contribution in [1.82, 2.24) is 20.4 Å². The van der Waals surface area contributed by atoms with Gasteiger partial charge in [0.05, 0.1) is 11.0 Å². The number of rotatable bonds is 2. The number of nitrogens with one attached hydrogen (secondary N) is 2. The average Bonchev–Trinajstić information content (AvgIpc) is 2.64. The highest BCUT2D eigenvalue weighted by Crippen LogP contribution is 2.20. The van der Waals surface area contributed by atoms with E-state index in [4.69, 9.17) is 5.73 Å². The molecule has 0 radical (unpaired) electrons. The number of amides is 2. The number of carbonyl (C=O) groups excluding carboxylic acids is 2. The van der Waals surface area contributed by atoms with E-state index < -0.39 is 23.4 Å². The smallest absolute Gasteiger partial charge is 0.258 e. The van der Waals surface area contributed by atoms with Gasteiger partial charge in [0.15, 0.2) is 11.6 Å². The first kappa shape index (κ1) is 13.7. The molecule has 0 fully saturated rings. The molecule has 20 heavy (non-hydrogen) atoms. The normalized spacial score (nSPS) is 10.6. The Morgan fingerprint density at radius 3 is 2.60 bits per heavy atom. The van der Waals surface area contributed by atoms with Gasteiger partial charge in [-0.15, -0.1) is 0 Å². The number of imidazole rings is 1. The number of nitrogens with two attached hydrogens (primary N) is 1. The summed E-state index contributed by atoms with van der Waals surface area (Å²) in [4.78, 5) is 26.0. The number of aromatic nitrogens is 2. The highest BCUT2D eigenvalue weighted by atomic mass is 19.2. The molecule has 1 heterocycles. The minimum absolute atomic E-state index is 0.0667. The Bertz CT molecular complexity index is 698. The summed E-state index contributed by atoms with van der Waals surface area (Å²) in [6.07, 6.45) is 0. The van der Waals surface area contributed by atoms with E-state index in [0.717, 1.165) is 12.1 Å². The third-order valence-electron chi connectivity index (χ3n) is 2.50. The molecule has 0 aliphatic carbocycles. The molecule has 106 valence electrons. The molecule has 0 aliphatic rings. The van der Waals surface area contributed by atoms with Gasteiger partial charge in [-0.05, 0) is 0 Å². The Labute approximate surface area is 111 Å². The maximum atomic E-state index is 13.2. The van der Waals surface area contributed by atoms with Gasteiger partial charge in [0.1, 0.15) is 6.54 Å². The van der Waals surface area contributed by atoms with E-state index in [1.165, 1.54) is 11.5 Å². The minimum atomic E-state index is -1.07. The van der Waals surface area contributed by atoms with Crippen LogP contribution < -0.4 is 16.6 Å². The van der Waals surface area contributed by atoms with Gasteiger partial charge in [0, 0.05) is 19.1 Å². The number of benzene rings is 1. The molecule has 0 spiro atoms. The summed E-state index contributed by atoms with van der Waals surface area (Å²) in [5.41, 5.74) is 10.1. The Kier molecular flexibility index (Phi) is 3.51. The topological polar surface area (TPSA) is 102 Å². The van der Waals surface area contributed by atoms with Crippen molar-refractivity contribution in [2.24, 2.45) is 0 Å². The lowest BCUT2D eigenvalue weighted by molar-refractivity contribution is -0.128. The maximum Gasteiger partial charge on any atom is 0.258 e. The van der Waals surface area contributed by atoms with Crippen LogP contribution in [0.1, 0.15) is 6.92 Å². The monoisotopic (exact) mass is 283 g/mol. The van der Waals surface area contributed by atoms with Gasteiger partial charge in [0.25, 0.3) is 5.91 Å². The Hall–Kier alpha value is -2.71. The third kappa shape index (κ3) is 2.66. The van der Waals surface area contributed by atoms with Gasteiger partial charge in [-0.2, -0.15) is 0 Å². The molecule has 9 heteroatoms. The number of hydrogen-bond donors (Lipinski definition) is 3. The zero-order valence-corrected chi connectivity index (χ0v) is 10.4. The van der Waals surface area contributed by atoms with E-state index in [-0.39, 0.29) is 23.5 Å². The number of anilines is 1. The average molecular weight is 283 g/mol. The second-order valence-corrected chi connectivity index (χ2v) is 4.04. The van der Waals surface area contributed by atoms with Crippen LogP contribution in [0.3, 0.4) is 0 Å². The second-order valence-electron chi connectivity index (χ2n) is 4.04. The van der Waals surface area contributed by atoms with E-state index >= 15 is 0 Å². The third-order valence-corrected chi connectivity index (χ3v) is 2.50. The van der Waals surface area contributed by atoms with Crippen molar-refractivity contribution >= 4 is 28.8 Å². The van der Waals surface area contributed by atoms with Crippen molar-refractivity contribution in [3.63, 3.8) is 0 Å². The zero-order chi connectivity index (χ0) is 14.9. The van der Waals surface area contributed by atoms with Crippen molar-refractivity contribution in [2.75, 3.05) is 5.73 Å². The molecule has 1 aromatic carbocycles.